The fourth-order valence-corrected chi connectivity index (χ4v) is 1.27. The van der Waals surface area contributed by atoms with Crippen molar-refractivity contribution in [3.63, 3.8) is 0 Å². The molecular formula is C9H12N2O2. The van der Waals surface area contributed by atoms with Crippen LogP contribution >= 0.6 is 0 Å². The van der Waals surface area contributed by atoms with E-state index in [4.69, 9.17) is 15.2 Å². The minimum Gasteiger partial charge on any atom is -0.472 e. The molecule has 1 aliphatic heterocycles. The molecule has 0 unspecified atom stereocenters. The number of pyridine rings is 1. The molecule has 13 heavy (non-hydrogen) atoms. The monoisotopic (exact) mass is 180 g/mol. The molecule has 1 fully saturated rings. The van der Waals surface area contributed by atoms with Crippen molar-refractivity contribution in [2.45, 2.75) is 12.5 Å². The summed E-state index contributed by atoms with van der Waals surface area (Å²) in [6.45, 7) is 1.42. The summed E-state index contributed by atoms with van der Waals surface area (Å²) >= 11 is 0. The van der Waals surface area contributed by atoms with Gasteiger partial charge in [0.1, 0.15) is 6.10 Å². The Balaban J connectivity index is 2.00. The van der Waals surface area contributed by atoms with Crippen LogP contribution in [0.4, 0.5) is 5.69 Å². The molecule has 2 rings (SSSR count). The lowest BCUT2D eigenvalue weighted by Gasteiger charge is -2.10. The normalized spacial score (nSPS) is 21.7. The van der Waals surface area contributed by atoms with E-state index in [-0.39, 0.29) is 6.10 Å². The highest BCUT2D eigenvalue weighted by Gasteiger charge is 2.17. The Bertz CT molecular complexity index is 285. The van der Waals surface area contributed by atoms with Crippen LogP contribution < -0.4 is 10.5 Å². The fourth-order valence-electron chi connectivity index (χ4n) is 1.27. The standard InChI is InChI=1S/C9H12N2O2/c10-7-1-3-11-9(5-7)13-8-2-4-12-6-8/h1,3,5,8H,2,4,6H2,(H2,10,11)/t8-/m1/s1. The minimum absolute atomic E-state index is 0.134. The number of hydrogen-bond donors (Lipinski definition) is 1. The van der Waals surface area contributed by atoms with Crippen molar-refractivity contribution in [1.29, 1.82) is 0 Å². The molecule has 0 spiro atoms. The Morgan fingerprint density at radius 3 is 3.23 bits per heavy atom. The van der Waals surface area contributed by atoms with Gasteiger partial charge in [0.2, 0.25) is 5.88 Å². The van der Waals surface area contributed by atoms with Crippen LogP contribution in [0, 0.1) is 0 Å². The molecule has 1 aromatic heterocycles. The average molecular weight is 180 g/mol. The number of hydrogen-bond acceptors (Lipinski definition) is 4. The Kier molecular flexibility index (Phi) is 2.31. The molecule has 1 aliphatic rings. The number of nitrogen functional groups attached to an aromatic ring is 1. The maximum atomic E-state index is 5.58. The molecule has 1 aromatic rings. The van der Waals surface area contributed by atoms with Crippen LogP contribution in [0.1, 0.15) is 6.42 Å². The molecule has 70 valence electrons. The first-order valence-corrected chi connectivity index (χ1v) is 4.30. The average Bonchev–Trinajstić information content (AvgIpc) is 2.57. The zero-order chi connectivity index (χ0) is 9.10. The fraction of sp³-hybridized carbons (Fsp3) is 0.444. The van der Waals surface area contributed by atoms with E-state index >= 15 is 0 Å². The zero-order valence-corrected chi connectivity index (χ0v) is 7.27. The lowest BCUT2D eigenvalue weighted by atomic mass is 10.3. The summed E-state index contributed by atoms with van der Waals surface area (Å²) in [5, 5.41) is 0. The second-order valence-electron chi connectivity index (χ2n) is 3.03. The van der Waals surface area contributed by atoms with Crippen molar-refractivity contribution in [1.82, 2.24) is 4.98 Å². The summed E-state index contributed by atoms with van der Waals surface area (Å²) in [5.41, 5.74) is 6.25. The third-order valence-corrected chi connectivity index (χ3v) is 1.93. The molecule has 0 aliphatic carbocycles. The molecule has 0 bridgehead atoms. The van der Waals surface area contributed by atoms with E-state index in [2.05, 4.69) is 4.98 Å². The predicted molar refractivity (Wildman–Crippen MR) is 48.5 cm³/mol. The van der Waals surface area contributed by atoms with Crippen molar-refractivity contribution < 1.29 is 9.47 Å². The van der Waals surface area contributed by atoms with Gasteiger partial charge in [0, 0.05) is 24.4 Å². The van der Waals surface area contributed by atoms with Gasteiger partial charge >= 0.3 is 0 Å². The summed E-state index contributed by atoms with van der Waals surface area (Å²) in [6.07, 6.45) is 2.70. The molecule has 1 saturated heterocycles. The molecule has 0 radical (unpaired) electrons. The maximum Gasteiger partial charge on any atom is 0.215 e. The van der Waals surface area contributed by atoms with Gasteiger partial charge < -0.3 is 15.2 Å². The van der Waals surface area contributed by atoms with Crippen LogP contribution in [0.3, 0.4) is 0 Å². The van der Waals surface area contributed by atoms with Gasteiger partial charge in [-0.1, -0.05) is 0 Å². The van der Waals surface area contributed by atoms with Crippen molar-refractivity contribution in [3.8, 4) is 5.88 Å². The SMILES string of the molecule is Nc1ccnc(O[C@@H]2CCOC2)c1. The molecular weight excluding hydrogens is 168 g/mol. The first kappa shape index (κ1) is 8.31. The third kappa shape index (κ3) is 2.09. The minimum atomic E-state index is 0.134. The summed E-state index contributed by atoms with van der Waals surface area (Å²) < 4.78 is 10.7. The van der Waals surface area contributed by atoms with Crippen LogP contribution in [0.5, 0.6) is 5.88 Å². The maximum absolute atomic E-state index is 5.58. The van der Waals surface area contributed by atoms with Crippen LogP contribution in [-0.4, -0.2) is 24.3 Å². The van der Waals surface area contributed by atoms with Crippen LogP contribution in [0.2, 0.25) is 0 Å². The van der Waals surface area contributed by atoms with Gasteiger partial charge in [0.25, 0.3) is 0 Å². The predicted octanol–water partition coefficient (Wildman–Crippen LogP) is 0.831. The van der Waals surface area contributed by atoms with Gasteiger partial charge in [-0.05, 0) is 6.07 Å². The Morgan fingerprint density at radius 1 is 1.62 bits per heavy atom. The van der Waals surface area contributed by atoms with Gasteiger partial charge in [-0.2, -0.15) is 0 Å². The molecule has 2 N–H and O–H groups in total. The van der Waals surface area contributed by atoms with Gasteiger partial charge in [-0.15, -0.1) is 0 Å². The molecule has 1 atom stereocenters. The lowest BCUT2D eigenvalue weighted by Crippen LogP contribution is -2.16. The first-order valence-electron chi connectivity index (χ1n) is 4.30. The Labute approximate surface area is 76.7 Å². The number of aromatic nitrogens is 1. The third-order valence-electron chi connectivity index (χ3n) is 1.93. The number of rotatable bonds is 2. The Morgan fingerprint density at radius 2 is 2.54 bits per heavy atom. The van der Waals surface area contributed by atoms with Gasteiger partial charge in [0.15, 0.2) is 0 Å². The molecule has 0 saturated carbocycles. The number of anilines is 1. The van der Waals surface area contributed by atoms with Crippen LogP contribution in [0.15, 0.2) is 18.3 Å². The number of nitrogens with zero attached hydrogens (tertiary/aromatic N) is 1. The van der Waals surface area contributed by atoms with Crippen molar-refractivity contribution in [3.05, 3.63) is 18.3 Å². The van der Waals surface area contributed by atoms with E-state index < -0.39 is 0 Å². The topological polar surface area (TPSA) is 57.4 Å². The van der Waals surface area contributed by atoms with Crippen LogP contribution in [-0.2, 0) is 4.74 Å². The highest BCUT2D eigenvalue weighted by atomic mass is 16.5. The van der Waals surface area contributed by atoms with Gasteiger partial charge in [-0.25, -0.2) is 4.98 Å². The largest absolute Gasteiger partial charge is 0.472 e. The van der Waals surface area contributed by atoms with E-state index in [0.29, 0.717) is 18.2 Å². The quantitative estimate of drug-likeness (QED) is 0.732. The first-order chi connectivity index (χ1) is 6.34. The summed E-state index contributed by atoms with van der Waals surface area (Å²) in [7, 11) is 0. The van der Waals surface area contributed by atoms with E-state index in [1.807, 2.05) is 0 Å². The highest BCUT2D eigenvalue weighted by molar-refractivity contribution is 5.39. The molecule has 4 heteroatoms. The van der Waals surface area contributed by atoms with Crippen molar-refractivity contribution >= 4 is 5.69 Å². The molecule has 4 nitrogen and oxygen atoms in total. The summed E-state index contributed by atoms with van der Waals surface area (Å²) in [6, 6.07) is 3.45. The summed E-state index contributed by atoms with van der Waals surface area (Å²) in [5.74, 6) is 0.579. The molecule has 2 heterocycles. The lowest BCUT2D eigenvalue weighted by molar-refractivity contribution is 0.138. The van der Waals surface area contributed by atoms with E-state index in [9.17, 15) is 0 Å². The van der Waals surface area contributed by atoms with Gasteiger partial charge in [0.05, 0.1) is 13.2 Å². The second-order valence-corrected chi connectivity index (χ2v) is 3.03. The smallest absolute Gasteiger partial charge is 0.215 e. The molecule has 0 amide bonds. The molecule has 0 aromatic carbocycles. The van der Waals surface area contributed by atoms with Crippen LogP contribution in [0.25, 0.3) is 0 Å². The Hall–Kier alpha value is -1.29. The highest BCUT2D eigenvalue weighted by Crippen LogP contribution is 2.15. The van der Waals surface area contributed by atoms with E-state index in [1.54, 1.807) is 18.3 Å². The second kappa shape index (κ2) is 3.62. The van der Waals surface area contributed by atoms with Crippen molar-refractivity contribution in [2.75, 3.05) is 18.9 Å². The summed E-state index contributed by atoms with van der Waals surface area (Å²) in [4.78, 5) is 4.05. The zero-order valence-electron chi connectivity index (χ0n) is 7.27. The van der Waals surface area contributed by atoms with Crippen molar-refractivity contribution in [2.24, 2.45) is 0 Å². The van der Waals surface area contributed by atoms with E-state index in [1.165, 1.54) is 0 Å². The van der Waals surface area contributed by atoms with Gasteiger partial charge in [-0.3, -0.25) is 0 Å². The number of ether oxygens (including phenoxy) is 2. The van der Waals surface area contributed by atoms with E-state index in [0.717, 1.165) is 13.0 Å². The number of nitrogens with two attached hydrogens (primary N) is 1.